The van der Waals surface area contributed by atoms with E-state index in [2.05, 4.69) is 47.5 Å². The van der Waals surface area contributed by atoms with E-state index < -0.39 is 0 Å². The standard InChI is InChI=1S/C25H31N5O4S.C7H8.C2H2/c1-17-16-35-23(28-17)15-30(2)25(32)20-11-19(12-21(13-20)29-33)24(31)27-9-5-8-26-14-18-6-4-7-22(10-18)34-3;1-7-5-3-2-4-6-7;1-2/h4,6-7,10-13,16,26,29,33H,5,8-9,14-15H2,1-3H3,(H,27,31);2-6H,1H3;1-2H. The molecule has 0 saturated heterocycles. The van der Waals surface area contributed by atoms with E-state index in [4.69, 9.17) is 4.74 Å². The molecule has 0 radical (unpaired) electrons. The number of aromatic nitrogens is 1. The minimum atomic E-state index is -0.317. The molecule has 4 aromatic rings. The Labute approximate surface area is 264 Å². The smallest absolute Gasteiger partial charge is 0.254 e. The van der Waals surface area contributed by atoms with Gasteiger partial charge in [-0.2, -0.15) is 0 Å². The normalized spacial score (nSPS) is 9.89. The van der Waals surface area contributed by atoms with Gasteiger partial charge in [-0.3, -0.25) is 20.3 Å². The van der Waals surface area contributed by atoms with Gasteiger partial charge in [-0.25, -0.2) is 4.98 Å². The van der Waals surface area contributed by atoms with Crippen molar-refractivity contribution < 1.29 is 19.5 Å². The van der Waals surface area contributed by atoms with Crippen LogP contribution in [0.5, 0.6) is 5.75 Å². The van der Waals surface area contributed by atoms with Crippen LogP contribution in [0.2, 0.25) is 0 Å². The molecule has 0 saturated carbocycles. The number of nitrogens with zero attached hydrogens (tertiary/aromatic N) is 2. The first kappa shape index (κ1) is 35.5. The molecule has 0 atom stereocenters. The van der Waals surface area contributed by atoms with Crippen LogP contribution in [-0.4, -0.2) is 54.2 Å². The Morgan fingerprint density at radius 3 is 2.32 bits per heavy atom. The zero-order valence-electron chi connectivity index (χ0n) is 25.7. The van der Waals surface area contributed by atoms with Crippen molar-refractivity contribution in [2.45, 2.75) is 33.4 Å². The molecule has 0 aliphatic carbocycles. The highest BCUT2D eigenvalue weighted by molar-refractivity contribution is 7.09. The molecule has 4 N–H and O–H groups in total. The average molecular weight is 616 g/mol. The monoisotopic (exact) mass is 615 g/mol. The van der Waals surface area contributed by atoms with E-state index in [0.717, 1.165) is 35.0 Å². The van der Waals surface area contributed by atoms with Crippen LogP contribution in [-0.2, 0) is 13.1 Å². The maximum atomic E-state index is 12.9. The summed E-state index contributed by atoms with van der Waals surface area (Å²) in [6.07, 6.45) is 8.73. The molecule has 3 aromatic carbocycles. The first-order chi connectivity index (χ1) is 21.3. The lowest BCUT2D eigenvalue weighted by Gasteiger charge is -2.17. The van der Waals surface area contributed by atoms with E-state index >= 15 is 0 Å². The van der Waals surface area contributed by atoms with Gasteiger partial charge in [-0.05, 0) is 62.7 Å². The number of thiazole rings is 1. The lowest BCUT2D eigenvalue weighted by atomic mass is 10.1. The minimum Gasteiger partial charge on any atom is -0.497 e. The van der Waals surface area contributed by atoms with Gasteiger partial charge in [-0.1, -0.05) is 48.0 Å². The van der Waals surface area contributed by atoms with Gasteiger partial charge in [0.05, 0.1) is 19.3 Å². The summed E-state index contributed by atoms with van der Waals surface area (Å²) in [5.41, 5.74) is 6.23. The zero-order chi connectivity index (χ0) is 32.3. The van der Waals surface area contributed by atoms with Gasteiger partial charge in [0, 0.05) is 42.3 Å². The number of methoxy groups -OCH3 is 1. The van der Waals surface area contributed by atoms with Gasteiger partial charge in [0.25, 0.3) is 11.8 Å². The predicted molar refractivity (Wildman–Crippen MR) is 177 cm³/mol. The third-order valence-corrected chi connectivity index (χ3v) is 7.13. The number of benzene rings is 3. The molecule has 0 unspecified atom stereocenters. The first-order valence-corrected chi connectivity index (χ1v) is 14.9. The maximum Gasteiger partial charge on any atom is 0.254 e. The van der Waals surface area contributed by atoms with Gasteiger partial charge >= 0.3 is 0 Å². The summed E-state index contributed by atoms with van der Waals surface area (Å²) >= 11 is 1.49. The van der Waals surface area contributed by atoms with E-state index in [9.17, 15) is 14.8 Å². The molecular formula is C34H41N5O4S. The summed E-state index contributed by atoms with van der Waals surface area (Å²) in [7, 11) is 3.32. The highest BCUT2D eigenvalue weighted by Crippen LogP contribution is 2.18. The molecule has 1 aromatic heterocycles. The third-order valence-electron chi connectivity index (χ3n) is 6.18. The largest absolute Gasteiger partial charge is 0.497 e. The van der Waals surface area contributed by atoms with Gasteiger partial charge < -0.3 is 20.3 Å². The number of carbonyl (C=O) groups excluding carboxylic acids is 2. The number of rotatable bonds is 12. The molecular weight excluding hydrogens is 574 g/mol. The topological polar surface area (TPSA) is 116 Å². The van der Waals surface area contributed by atoms with E-state index in [-0.39, 0.29) is 23.1 Å². The number of anilines is 1. The van der Waals surface area contributed by atoms with Gasteiger partial charge in [0.1, 0.15) is 10.8 Å². The minimum absolute atomic E-state index is 0.263. The van der Waals surface area contributed by atoms with E-state index in [1.54, 1.807) is 14.2 Å². The molecule has 2 amide bonds. The molecule has 9 nitrogen and oxygen atoms in total. The fourth-order valence-corrected chi connectivity index (χ4v) is 4.81. The number of hydrogen-bond acceptors (Lipinski definition) is 8. The van der Waals surface area contributed by atoms with Crippen molar-refractivity contribution >= 4 is 28.8 Å². The molecule has 44 heavy (non-hydrogen) atoms. The third kappa shape index (κ3) is 12.3. The van der Waals surface area contributed by atoms with Crippen molar-refractivity contribution in [3.63, 3.8) is 0 Å². The summed E-state index contributed by atoms with van der Waals surface area (Å²) in [6.45, 7) is 6.24. The first-order valence-electron chi connectivity index (χ1n) is 14.0. The second-order valence-corrected chi connectivity index (χ2v) is 10.7. The molecule has 0 fully saturated rings. The van der Waals surface area contributed by atoms with Crippen LogP contribution in [0.1, 0.15) is 49.0 Å². The SMILES string of the molecule is C#C.COc1cccc(CNCCCNC(=O)c2cc(NO)cc(C(=O)N(C)Cc3nc(C)cs3)c2)c1.Cc1ccccc1. The average Bonchev–Trinajstić information content (AvgIpc) is 3.47. The maximum absolute atomic E-state index is 12.9. The van der Waals surface area contributed by atoms with Gasteiger partial charge in [-0.15, -0.1) is 24.2 Å². The summed E-state index contributed by atoms with van der Waals surface area (Å²) < 4.78 is 5.23. The summed E-state index contributed by atoms with van der Waals surface area (Å²) in [6, 6.07) is 22.6. The summed E-state index contributed by atoms with van der Waals surface area (Å²) in [5, 5.41) is 18.4. The van der Waals surface area contributed by atoms with E-state index in [1.807, 2.05) is 60.2 Å². The fraction of sp³-hybridized carbons (Fsp3) is 0.265. The van der Waals surface area contributed by atoms with Crippen LogP contribution >= 0.6 is 11.3 Å². The highest BCUT2D eigenvalue weighted by atomic mass is 32.1. The number of hydrogen-bond donors (Lipinski definition) is 4. The van der Waals surface area contributed by atoms with Crippen molar-refractivity contribution in [1.82, 2.24) is 20.5 Å². The molecule has 1 heterocycles. The van der Waals surface area contributed by atoms with Crippen LogP contribution in [0.15, 0.2) is 78.2 Å². The Kier molecular flexibility index (Phi) is 15.7. The van der Waals surface area contributed by atoms with Crippen LogP contribution in [0, 0.1) is 26.7 Å². The highest BCUT2D eigenvalue weighted by Gasteiger charge is 2.17. The Balaban J connectivity index is 0.000000649. The van der Waals surface area contributed by atoms with Crippen molar-refractivity contribution in [2.75, 3.05) is 32.7 Å². The lowest BCUT2D eigenvalue weighted by molar-refractivity contribution is 0.0785. The zero-order valence-corrected chi connectivity index (χ0v) is 26.5. The molecule has 0 bridgehead atoms. The molecule has 0 spiro atoms. The van der Waals surface area contributed by atoms with E-state index in [0.29, 0.717) is 25.2 Å². The lowest BCUT2D eigenvalue weighted by Crippen LogP contribution is -2.29. The van der Waals surface area contributed by atoms with Crippen molar-refractivity contribution in [2.24, 2.45) is 0 Å². The number of amides is 2. The molecule has 232 valence electrons. The number of aryl methyl sites for hydroxylation is 2. The predicted octanol–water partition coefficient (Wildman–Crippen LogP) is 5.69. The number of nitrogens with one attached hydrogen (secondary N) is 3. The molecule has 0 aliphatic rings. The van der Waals surface area contributed by atoms with Crippen LogP contribution in [0.4, 0.5) is 5.69 Å². The number of carbonyl (C=O) groups is 2. The Bertz CT molecular complexity index is 1470. The van der Waals surface area contributed by atoms with E-state index in [1.165, 1.54) is 40.0 Å². The number of ether oxygens (including phenoxy) is 1. The Morgan fingerprint density at radius 2 is 1.70 bits per heavy atom. The Morgan fingerprint density at radius 1 is 0.977 bits per heavy atom. The van der Waals surface area contributed by atoms with Gasteiger partial charge in [0.15, 0.2) is 0 Å². The molecule has 0 aliphatic heterocycles. The number of terminal acetylenes is 1. The summed E-state index contributed by atoms with van der Waals surface area (Å²) in [4.78, 5) is 31.5. The van der Waals surface area contributed by atoms with Crippen molar-refractivity contribution in [1.29, 1.82) is 0 Å². The van der Waals surface area contributed by atoms with Gasteiger partial charge in [0.2, 0.25) is 0 Å². The van der Waals surface area contributed by atoms with Crippen molar-refractivity contribution in [3.05, 3.63) is 111 Å². The van der Waals surface area contributed by atoms with Crippen LogP contribution < -0.4 is 20.9 Å². The quantitative estimate of drug-likeness (QED) is 0.0920. The Hall–Kier alpha value is -4.69. The molecule has 10 heteroatoms. The second-order valence-electron chi connectivity index (χ2n) is 9.75. The summed E-state index contributed by atoms with van der Waals surface area (Å²) in [5.74, 6) is 0.228. The second kappa shape index (κ2) is 19.5. The fourth-order valence-electron chi connectivity index (χ4n) is 3.98. The van der Waals surface area contributed by atoms with Crippen LogP contribution in [0.25, 0.3) is 0 Å². The van der Waals surface area contributed by atoms with Crippen molar-refractivity contribution in [3.8, 4) is 18.6 Å². The van der Waals surface area contributed by atoms with Crippen LogP contribution in [0.3, 0.4) is 0 Å². The molecule has 4 rings (SSSR count).